The first-order valence-electron chi connectivity index (χ1n) is 7.92. The number of imidazole rings is 1. The van der Waals surface area contributed by atoms with Gasteiger partial charge < -0.3 is 10.1 Å². The number of nitrogens with zero attached hydrogens (tertiary/aromatic N) is 4. The maximum atomic E-state index is 12.9. The highest BCUT2D eigenvalue weighted by Gasteiger charge is 2.30. The molecular formula is C17H12F3N5O2S. The first kappa shape index (κ1) is 18.2. The van der Waals surface area contributed by atoms with E-state index in [0.717, 1.165) is 23.5 Å². The second-order valence-electron chi connectivity index (χ2n) is 5.88. The number of rotatable bonds is 3. The van der Waals surface area contributed by atoms with E-state index in [-0.39, 0.29) is 5.56 Å². The minimum atomic E-state index is -4.41. The van der Waals surface area contributed by atoms with E-state index in [2.05, 4.69) is 25.0 Å². The van der Waals surface area contributed by atoms with Crippen LogP contribution in [0.5, 0.6) is 0 Å². The number of thiazole rings is 1. The molecule has 0 bridgehead atoms. The molecule has 28 heavy (non-hydrogen) atoms. The Labute approximate surface area is 159 Å². The van der Waals surface area contributed by atoms with Crippen LogP contribution in [0.1, 0.15) is 15.9 Å². The summed E-state index contributed by atoms with van der Waals surface area (Å²) in [6, 6.07) is 4.95. The lowest BCUT2D eigenvalue weighted by molar-refractivity contribution is -0.137. The number of carbonyl (C=O) groups excluding carboxylic acids is 1. The van der Waals surface area contributed by atoms with Gasteiger partial charge in [0.05, 0.1) is 28.5 Å². The third kappa shape index (κ3) is 3.13. The minimum absolute atomic E-state index is 0.263. The van der Waals surface area contributed by atoms with Gasteiger partial charge >= 0.3 is 12.1 Å². The summed E-state index contributed by atoms with van der Waals surface area (Å²) in [5, 5.41) is 3.38. The van der Waals surface area contributed by atoms with Crippen LogP contribution in [0.15, 0.2) is 30.5 Å². The van der Waals surface area contributed by atoms with Crippen molar-refractivity contribution in [3.05, 3.63) is 41.6 Å². The van der Waals surface area contributed by atoms with Gasteiger partial charge in [0.1, 0.15) is 5.52 Å². The van der Waals surface area contributed by atoms with Gasteiger partial charge in [0.25, 0.3) is 0 Å². The molecule has 144 valence electrons. The molecule has 4 rings (SSSR count). The van der Waals surface area contributed by atoms with Crippen LogP contribution in [-0.4, -0.2) is 32.6 Å². The topological polar surface area (TPSA) is 81.9 Å². The standard InChI is InChI=1S/C17H12F3N5O2S/c1-25-13-11(5-8(7-21-13)14(26)27-2)22-15(25)24-16-23-10-4-3-9(17(18,19)20)6-12(10)28-16/h3-7H,1-2H3,(H,22,23,24). The average molecular weight is 407 g/mol. The third-order valence-electron chi connectivity index (χ3n) is 4.06. The van der Waals surface area contributed by atoms with Crippen LogP contribution in [0.3, 0.4) is 0 Å². The SMILES string of the molecule is COC(=O)c1cnc2c(c1)nc(Nc1nc3ccc(C(F)(F)F)cc3s1)n2C. The number of fused-ring (bicyclic) bond motifs is 2. The molecule has 0 atom stereocenters. The van der Waals surface area contributed by atoms with Crippen LogP contribution in [0.2, 0.25) is 0 Å². The number of halogens is 3. The molecule has 4 aromatic rings. The number of ether oxygens (including phenoxy) is 1. The molecule has 11 heteroatoms. The first-order valence-corrected chi connectivity index (χ1v) is 8.73. The summed E-state index contributed by atoms with van der Waals surface area (Å²) < 4.78 is 45.3. The van der Waals surface area contributed by atoms with Crippen LogP contribution in [0.25, 0.3) is 21.4 Å². The van der Waals surface area contributed by atoms with Crippen molar-refractivity contribution in [2.24, 2.45) is 7.05 Å². The van der Waals surface area contributed by atoms with E-state index in [1.807, 2.05) is 0 Å². The fourth-order valence-corrected chi connectivity index (χ4v) is 3.57. The van der Waals surface area contributed by atoms with Crippen molar-refractivity contribution in [3.63, 3.8) is 0 Å². The Morgan fingerprint density at radius 3 is 2.71 bits per heavy atom. The zero-order valence-corrected chi connectivity index (χ0v) is 15.4. The van der Waals surface area contributed by atoms with Gasteiger partial charge in [-0.3, -0.25) is 4.57 Å². The van der Waals surface area contributed by atoms with Gasteiger partial charge in [-0.25, -0.2) is 19.7 Å². The number of hydrogen-bond acceptors (Lipinski definition) is 7. The second-order valence-corrected chi connectivity index (χ2v) is 6.91. The van der Waals surface area contributed by atoms with E-state index in [9.17, 15) is 18.0 Å². The van der Waals surface area contributed by atoms with Gasteiger partial charge in [-0.05, 0) is 24.3 Å². The molecule has 0 amide bonds. The zero-order chi connectivity index (χ0) is 20.1. The molecule has 0 aliphatic heterocycles. The quantitative estimate of drug-likeness (QED) is 0.515. The minimum Gasteiger partial charge on any atom is -0.465 e. The molecule has 1 N–H and O–H groups in total. The summed E-state index contributed by atoms with van der Waals surface area (Å²) in [7, 11) is 2.99. The van der Waals surface area contributed by atoms with E-state index in [1.165, 1.54) is 19.4 Å². The smallest absolute Gasteiger partial charge is 0.416 e. The molecule has 3 aromatic heterocycles. The Morgan fingerprint density at radius 1 is 1.21 bits per heavy atom. The Bertz CT molecular complexity index is 1210. The van der Waals surface area contributed by atoms with Crippen LogP contribution < -0.4 is 5.32 Å². The number of methoxy groups -OCH3 is 1. The molecule has 1 aromatic carbocycles. The lowest BCUT2D eigenvalue weighted by atomic mass is 10.2. The second kappa shape index (κ2) is 6.44. The molecule has 7 nitrogen and oxygen atoms in total. The van der Waals surface area contributed by atoms with Gasteiger partial charge in [-0.15, -0.1) is 0 Å². The molecule has 0 saturated carbocycles. The van der Waals surface area contributed by atoms with Crippen molar-refractivity contribution in [1.82, 2.24) is 19.5 Å². The largest absolute Gasteiger partial charge is 0.465 e. The van der Waals surface area contributed by atoms with Gasteiger partial charge in [0.15, 0.2) is 10.8 Å². The monoisotopic (exact) mass is 407 g/mol. The van der Waals surface area contributed by atoms with Gasteiger partial charge in [-0.2, -0.15) is 13.2 Å². The molecule has 0 saturated heterocycles. The van der Waals surface area contributed by atoms with E-state index >= 15 is 0 Å². The van der Waals surface area contributed by atoms with Gasteiger partial charge in [0, 0.05) is 13.2 Å². The van der Waals surface area contributed by atoms with Crippen molar-refractivity contribution in [2.45, 2.75) is 6.18 Å². The average Bonchev–Trinajstić information content (AvgIpc) is 3.20. The van der Waals surface area contributed by atoms with E-state index in [1.54, 1.807) is 17.7 Å². The molecular weight excluding hydrogens is 395 g/mol. The lowest BCUT2D eigenvalue weighted by Gasteiger charge is -2.04. The van der Waals surface area contributed by atoms with Crippen LogP contribution in [0, 0.1) is 0 Å². The fraction of sp³-hybridized carbons (Fsp3) is 0.176. The highest BCUT2D eigenvalue weighted by atomic mass is 32.1. The van der Waals surface area contributed by atoms with Crippen molar-refractivity contribution in [2.75, 3.05) is 12.4 Å². The van der Waals surface area contributed by atoms with Crippen LogP contribution in [0.4, 0.5) is 24.3 Å². The van der Waals surface area contributed by atoms with E-state index in [4.69, 9.17) is 0 Å². The molecule has 0 fully saturated rings. The van der Waals surface area contributed by atoms with Gasteiger partial charge in [-0.1, -0.05) is 11.3 Å². The Balaban J connectivity index is 1.69. The number of alkyl halides is 3. The molecule has 0 aliphatic rings. The third-order valence-corrected chi connectivity index (χ3v) is 5.00. The Morgan fingerprint density at radius 2 is 2.00 bits per heavy atom. The molecule has 3 heterocycles. The summed E-state index contributed by atoms with van der Waals surface area (Å²) in [6.07, 6.45) is -3.03. The normalized spacial score (nSPS) is 11.9. The summed E-state index contributed by atoms with van der Waals surface area (Å²) >= 11 is 1.08. The number of esters is 1. The molecule has 0 unspecified atom stereocenters. The lowest BCUT2D eigenvalue weighted by Crippen LogP contribution is -2.03. The van der Waals surface area contributed by atoms with Crippen molar-refractivity contribution in [3.8, 4) is 0 Å². The highest BCUT2D eigenvalue weighted by molar-refractivity contribution is 7.22. The predicted molar refractivity (Wildman–Crippen MR) is 97.8 cm³/mol. The molecule has 0 radical (unpaired) electrons. The number of anilines is 2. The first-order chi connectivity index (χ1) is 13.3. The molecule has 0 aliphatic carbocycles. The van der Waals surface area contributed by atoms with Crippen molar-refractivity contribution in [1.29, 1.82) is 0 Å². The number of aromatic nitrogens is 4. The summed E-state index contributed by atoms with van der Waals surface area (Å²) in [5.41, 5.74) is 0.978. The summed E-state index contributed by atoms with van der Waals surface area (Å²) in [6.45, 7) is 0. The number of hydrogen-bond donors (Lipinski definition) is 1. The Kier molecular flexibility index (Phi) is 4.18. The summed E-state index contributed by atoms with van der Waals surface area (Å²) in [4.78, 5) is 24.5. The van der Waals surface area contributed by atoms with Gasteiger partial charge in [0.2, 0.25) is 5.95 Å². The maximum Gasteiger partial charge on any atom is 0.416 e. The summed E-state index contributed by atoms with van der Waals surface area (Å²) in [5.74, 6) is -0.138. The van der Waals surface area contributed by atoms with E-state index < -0.39 is 17.7 Å². The van der Waals surface area contributed by atoms with Crippen molar-refractivity contribution < 1.29 is 22.7 Å². The number of aryl methyl sites for hydroxylation is 1. The number of benzene rings is 1. The number of carbonyl (C=O) groups is 1. The highest BCUT2D eigenvalue weighted by Crippen LogP contribution is 2.35. The fourth-order valence-electron chi connectivity index (χ4n) is 2.67. The molecule has 0 spiro atoms. The zero-order valence-electron chi connectivity index (χ0n) is 14.5. The number of nitrogens with one attached hydrogen (secondary N) is 1. The van der Waals surface area contributed by atoms with Crippen LogP contribution >= 0.6 is 11.3 Å². The maximum absolute atomic E-state index is 12.9. The Hall–Kier alpha value is -3.21. The van der Waals surface area contributed by atoms with Crippen molar-refractivity contribution >= 4 is 49.8 Å². The number of pyridine rings is 1. The van der Waals surface area contributed by atoms with E-state index in [0.29, 0.717) is 32.5 Å². The predicted octanol–water partition coefficient (Wildman–Crippen LogP) is 4.13. The van der Waals surface area contributed by atoms with Crippen LogP contribution in [-0.2, 0) is 18.0 Å².